The Morgan fingerprint density at radius 1 is 1.37 bits per heavy atom. The predicted octanol–water partition coefficient (Wildman–Crippen LogP) is 3.22. The summed E-state index contributed by atoms with van der Waals surface area (Å²) in [6.07, 6.45) is 3.26. The topological polar surface area (TPSA) is 50.3 Å². The zero-order chi connectivity index (χ0) is 14.2. The minimum absolute atomic E-state index is 0.111. The van der Waals surface area contributed by atoms with Crippen LogP contribution in [0, 0.1) is 12.3 Å². The summed E-state index contributed by atoms with van der Waals surface area (Å²) in [4.78, 5) is 30.3. The molecule has 0 bridgehead atoms. The van der Waals surface area contributed by atoms with Gasteiger partial charge in [0.2, 0.25) is 11.8 Å². The van der Waals surface area contributed by atoms with Crippen molar-refractivity contribution in [2.75, 3.05) is 4.90 Å². The summed E-state index contributed by atoms with van der Waals surface area (Å²) < 4.78 is 0.838. The van der Waals surface area contributed by atoms with Gasteiger partial charge in [0, 0.05) is 17.1 Å². The van der Waals surface area contributed by atoms with Crippen LogP contribution in [0.5, 0.6) is 0 Å². The number of hydrogen-bond donors (Lipinski definition) is 0. The molecule has 0 radical (unpaired) electrons. The van der Waals surface area contributed by atoms with E-state index in [9.17, 15) is 9.59 Å². The van der Waals surface area contributed by atoms with E-state index in [1.165, 1.54) is 4.90 Å². The van der Waals surface area contributed by atoms with Crippen LogP contribution < -0.4 is 4.90 Å². The molecule has 0 saturated carbocycles. The molecule has 19 heavy (non-hydrogen) atoms. The van der Waals surface area contributed by atoms with Crippen LogP contribution in [0.25, 0.3) is 0 Å². The number of pyridine rings is 1. The van der Waals surface area contributed by atoms with Gasteiger partial charge in [-0.25, -0.2) is 9.88 Å². The van der Waals surface area contributed by atoms with Crippen LogP contribution in [0.3, 0.4) is 0 Å². The first-order valence-corrected chi connectivity index (χ1v) is 7.24. The average Bonchev–Trinajstić information content (AvgIpc) is 2.62. The quantitative estimate of drug-likeness (QED) is 0.802. The summed E-state index contributed by atoms with van der Waals surface area (Å²) in [5, 5.41) is 0. The number of nitrogens with zero attached hydrogens (tertiary/aromatic N) is 2. The normalized spacial score (nSPS) is 18.2. The second kappa shape index (κ2) is 5.04. The zero-order valence-electron chi connectivity index (χ0n) is 11.4. The van der Waals surface area contributed by atoms with Crippen LogP contribution in [0.2, 0.25) is 0 Å². The number of aryl methyl sites for hydroxylation is 1. The summed E-state index contributed by atoms with van der Waals surface area (Å²) in [5.74, 6) is 0.203. The first kappa shape index (κ1) is 14.2. The molecule has 0 aromatic carbocycles. The summed E-state index contributed by atoms with van der Waals surface area (Å²) >= 11 is 3.33. The molecule has 1 fully saturated rings. The Balaban J connectivity index is 2.46. The molecule has 2 heterocycles. The SMILES string of the molecule is CCC1(CC)CC(=O)N(c2ncc(Br)cc2C)C1=O. The van der Waals surface area contributed by atoms with Crippen LogP contribution in [-0.4, -0.2) is 16.8 Å². The lowest BCUT2D eigenvalue weighted by Gasteiger charge is -2.23. The molecule has 1 saturated heterocycles. The molecular weight excluding hydrogens is 308 g/mol. The number of imide groups is 1. The van der Waals surface area contributed by atoms with Gasteiger partial charge < -0.3 is 0 Å². The van der Waals surface area contributed by atoms with E-state index in [0.717, 1.165) is 10.0 Å². The maximum absolute atomic E-state index is 12.6. The lowest BCUT2D eigenvalue weighted by Crippen LogP contribution is -2.36. The van der Waals surface area contributed by atoms with Gasteiger partial charge in [0.1, 0.15) is 5.82 Å². The number of rotatable bonds is 3. The lowest BCUT2D eigenvalue weighted by molar-refractivity contribution is -0.126. The van der Waals surface area contributed by atoms with E-state index >= 15 is 0 Å². The second-order valence-corrected chi connectivity index (χ2v) is 5.91. The van der Waals surface area contributed by atoms with Crippen molar-refractivity contribution < 1.29 is 9.59 Å². The van der Waals surface area contributed by atoms with Gasteiger partial charge in [-0.1, -0.05) is 13.8 Å². The minimum Gasteiger partial charge on any atom is -0.274 e. The summed E-state index contributed by atoms with van der Waals surface area (Å²) in [6, 6.07) is 1.86. The van der Waals surface area contributed by atoms with Gasteiger partial charge >= 0.3 is 0 Å². The number of hydrogen-bond acceptors (Lipinski definition) is 3. The van der Waals surface area contributed by atoms with Crippen molar-refractivity contribution in [3.63, 3.8) is 0 Å². The van der Waals surface area contributed by atoms with Crippen molar-refractivity contribution in [2.45, 2.75) is 40.0 Å². The van der Waals surface area contributed by atoms with Crippen molar-refractivity contribution in [1.82, 2.24) is 4.98 Å². The maximum atomic E-state index is 12.6. The van der Waals surface area contributed by atoms with Gasteiger partial charge in [-0.3, -0.25) is 9.59 Å². The van der Waals surface area contributed by atoms with Crippen molar-refractivity contribution in [1.29, 1.82) is 0 Å². The van der Waals surface area contributed by atoms with Crippen molar-refractivity contribution >= 4 is 33.6 Å². The van der Waals surface area contributed by atoms with E-state index in [0.29, 0.717) is 18.7 Å². The fraction of sp³-hybridized carbons (Fsp3) is 0.500. The van der Waals surface area contributed by atoms with E-state index in [-0.39, 0.29) is 18.2 Å². The Morgan fingerprint density at radius 2 is 2.00 bits per heavy atom. The maximum Gasteiger partial charge on any atom is 0.241 e. The molecule has 0 N–H and O–H groups in total. The van der Waals surface area contributed by atoms with Gasteiger partial charge in [-0.2, -0.15) is 0 Å². The predicted molar refractivity (Wildman–Crippen MR) is 76.8 cm³/mol. The van der Waals surface area contributed by atoms with Gasteiger partial charge in [-0.05, 0) is 47.3 Å². The Kier molecular flexibility index (Phi) is 3.76. The van der Waals surface area contributed by atoms with Crippen molar-refractivity contribution in [3.8, 4) is 0 Å². The molecule has 0 spiro atoms. The molecule has 1 aromatic rings. The summed E-state index contributed by atoms with van der Waals surface area (Å²) in [5.41, 5.74) is 0.275. The summed E-state index contributed by atoms with van der Waals surface area (Å²) in [6.45, 7) is 5.77. The molecule has 0 aliphatic carbocycles. The largest absolute Gasteiger partial charge is 0.274 e. The highest BCUT2D eigenvalue weighted by molar-refractivity contribution is 9.10. The fourth-order valence-electron chi connectivity index (χ4n) is 2.58. The van der Waals surface area contributed by atoms with Gasteiger partial charge in [-0.15, -0.1) is 0 Å². The van der Waals surface area contributed by atoms with E-state index in [1.54, 1.807) is 6.20 Å². The third kappa shape index (κ3) is 2.20. The minimum atomic E-state index is -0.543. The highest BCUT2D eigenvalue weighted by Gasteiger charge is 2.50. The van der Waals surface area contributed by atoms with E-state index in [1.807, 2.05) is 26.8 Å². The Bertz CT molecular complexity index is 538. The molecule has 1 aliphatic heterocycles. The molecular formula is C14H17BrN2O2. The number of carbonyl (C=O) groups is 2. The molecule has 1 aromatic heterocycles. The lowest BCUT2D eigenvalue weighted by atomic mass is 9.81. The van der Waals surface area contributed by atoms with Crippen LogP contribution in [0.1, 0.15) is 38.7 Å². The number of anilines is 1. The average molecular weight is 325 g/mol. The van der Waals surface area contributed by atoms with Crippen LogP contribution >= 0.6 is 15.9 Å². The molecule has 0 atom stereocenters. The Hall–Kier alpha value is -1.23. The summed E-state index contributed by atoms with van der Waals surface area (Å²) in [7, 11) is 0. The number of carbonyl (C=O) groups excluding carboxylic acids is 2. The van der Waals surface area contributed by atoms with E-state index in [2.05, 4.69) is 20.9 Å². The Labute approximate surface area is 121 Å². The zero-order valence-corrected chi connectivity index (χ0v) is 13.0. The van der Waals surface area contributed by atoms with Gasteiger partial charge in [0.25, 0.3) is 0 Å². The molecule has 5 heteroatoms. The van der Waals surface area contributed by atoms with Crippen LogP contribution in [0.15, 0.2) is 16.7 Å². The van der Waals surface area contributed by atoms with Crippen molar-refractivity contribution in [2.24, 2.45) is 5.41 Å². The number of halogens is 1. The van der Waals surface area contributed by atoms with Gasteiger partial charge in [0.05, 0.1) is 5.41 Å². The third-order valence-electron chi connectivity index (χ3n) is 3.98. The van der Waals surface area contributed by atoms with Gasteiger partial charge in [0.15, 0.2) is 0 Å². The van der Waals surface area contributed by atoms with E-state index < -0.39 is 5.41 Å². The molecule has 2 rings (SSSR count). The Morgan fingerprint density at radius 3 is 2.47 bits per heavy atom. The molecule has 2 amide bonds. The highest BCUT2D eigenvalue weighted by Crippen LogP contribution is 2.41. The number of amides is 2. The standard InChI is InChI=1S/C14H17BrN2O2/c1-4-14(5-2)7-11(18)17(13(14)19)12-9(3)6-10(15)8-16-12/h6,8H,4-5,7H2,1-3H3. The first-order valence-electron chi connectivity index (χ1n) is 6.44. The highest BCUT2D eigenvalue weighted by atomic mass is 79.9. The smallest absolute Gasteiger partial charge is 0.241 e. The fourth-order valence-corrected chi connectivity index (χ4v) is 3.02. The van der Waals surface area contributed by atoms with Crippen molar-refractivity contribution in [3.05, 3.63) is 22.3 Å². The molecule has 4 nitrogen and oxygen atoms in total. The van der Waals surface area contributed by atoms with E-state index in [4.69, 9.17) is 0 Å². The third-order valence-corrected chi connectivity index (χ3v) is 4.41. The second-order valence-electron chi connectivity index (χ2n) is 4.99. The molecule has 1 aliphatic rings. The monoisotopic (exact) mass is 324 g/mol. The number of aromatic nitrogens is 1. The molecule has 0 unspecified atom stereocenters. The van der Waals surface area contributed by atoms with Crippen LogP contribution in [-0.2, 0) is 9.59 Å². The first-order chi connectivity index (χ1) is 8.95. The van der Waals surface area contributed by atoms with Crippen LogP contribution in [0.4, 0.5) is 5.82 Å². The molecule has 102 valence electrons.